The van der Waals surface area contributed by atoms with Gasteiger partial charge in [-0.1, -0.05) is 17.7 Å². The number of hydrogen-bond acceptors (Lipinski definition) is 6. The van der Waals surface area contributed by atoms with Gasteiger partial charge in [0.2, 0.25) is 17.7 Å². The van der Waals surface area contributed by atoms with Crippen molar-refractivity contribution in [3.05, 3.63) is 40.4 Å². The largest absolute Gasteiger partial charge is 0.481 e. The van der Waals surface area contributed by atoms with Crippen LogP contribution in [0.15, 0.2) is 29.8 Å². The van der Waals surface area contributed by atoms with Crippen LogP contribution in [-0.4, -0.2) is 70.6 Å². The normalized spacial score (nSPS) is 18.5. The highest BCUT2D eigenvalue weighted by Gasteiger charge is 2.39. The maximum absolute atomic E-state index is 13.8. The number of carboxylic acids is 1. The van der Waals surface area contributed by atoms with E-state index < -0.39 is 48.2 Å². The second-order valence-electron chi connectivity index (χ2n) is 9.35. The van der Waals surface area contributed by atoms with E-state index in [0.717, 1.165) is 24.8 Å². The lowest BCUT2D eigenvalue weighted by Crippen LogP contribution is -2.55. The molecule has 3 atom stereocenters. The lowest BCUT2D eigenvalue weighted by atomic mass is 9.92. The zero-order valence-electron chi connectivity index (χ0n) is 21.0. The van der Waals surface area contributed by atoms with Gasteiger partial charge in [0.15, 0.2) is 0 Å². The second kappa shape index (κ2) is 13.2. The Bertz CT molecular complexity index is 1150. The molecule has 11 nitrogen and oxygen atoms in total. The molecule has 2 aliphatic rings. The summed E-state index contributed by atoms with van der Waals surface area (Å²) in [6.45, 7) is 1.62. The molecule has 1 aliphatic carbocycles. The number of allylic oxidation sites excluding steroid dienone is 1. The molecule has 1 saturated heterocycles. The van der Waals surface area contributed by atoms with Gasteiger partial charge in [0.1, 0.15) is 18.4 Å². The number of aliphatic carboxylic acids is 1. The Morgan fingerprint density at radius 1 is 1.16 bits per heavy atom. The van der Waals surface area contributed by atoms with Crippen LogP contribution >= 0.6 is 11.6 Å². The molecular formula is C26H31ClN4O7. The molecule has 0 saturated carbocycles. The number of carboxylic acid groups (broad SMARTS) is 1. The van der Waals surface area contributed by atoms with E-state index in [-0.39, 0.29) is 23.0 Å². The Morgan fingerprint density at radius 3 is 2.53 bits per heavy atom. The van der Waals surface area contributed by atoms with Crippen LogP contribution in [0.5, 0.6) is 0 Å². The highest BCUT2D eigenvalue weighted by molar-refractivity contribution is 6.34. The van der Waals surface area contributed by atoms with Gasteiger partial charge >= 0.3 is 5.97 Å². The Balaban J connectivity index is 1.81. The lowest BCUT2D eigenvalue weighted by molar-refractivity contribution is -0.141. The van der Waals surface area contributed by atoms with Crippen molar-refractivity contribution >= 4 is 53.2 Å². The fourth-order valence-electron chi connectivity index (χ4n) is 4.70. The summed E-state index contributed by atoms with van der Waals surface area (Å²) in [7, 11) is 0. The predicted molar refractivity (Wildman–Crippen MR) is 139 cm³/mol. The van der Waals surface area contributed by atoms with Crippen molar-refractivity contribution in [1.82, 2.24) is 15.5 Å². The molecule has 0 aromatic heterocycles. The summed E-state index contributed by atoms with van der Waals surface area (Å²) in [5.41, 5.74) is 1.28. The first kappa shape index (κ1) is 28.8. The maximum atomic E-state index is 13.8. The first-order chi connectivity index (χ1) is 18.1. The van der Waals surface area contributed by atoms with Crippen molar-refractivity contribution < 1.29 is 33.9 Å². The highest BCUT2D eigenvalue weighted by Crippen LogP contribution is 2.27. The van der Waals surface area contributed by atoms with Crippen molar-refractivity contribution in [3.8, 4) is 0 Å². The first-order valence-electron chi connectivity index (χ1n) is 12.5. The molecule has 1 fully saturated rings. The van der Waals surface area contributed by atoms with E-state index in [4.69, 9.17) is 16.7 Å². The summed E-state index contributed by atoms with van der Waals surface area (Å²) in [6.07, 6.45) is 5.74. The number of nitrogens with zero attached hydrogens (tertiary/aromatic N) is 1. The van der Waals surface area contributed by atoms with E-state index in [1.54, 1.807) is 0 Å². The fourth-order valence-corrected chi connectivity index (χ4v) is 4.96. The van der Waals surface area contributed by atoms with E-state index in [0.29, 0.717) is 31.2 Å². The number of amides is 4. The third kappa shape index (κ3) is 7.41. The quantitative estimate of drug-likeness (QED) is 0.258. The Labute approximate surface area is 225 Å². The van der Waals surface area contributed by atoms with Gasteiger partial charge in [-0.2, -0.15) is 0 Å². The average molecular weight is 547 g/mol. The van der Waals surface area contributed by atoms with E-state index in [1.165, 1.54) is 30.0 Å². The van der Waals surface area contributed by atoms with Crippen LogP contribution in [0.25, 0.3) is 0 Å². The number of halogens is 1. The summed E-state index contributed by atoms with van der Waals surface area (Å²) in [6, 6.07) is 1.28. The number of rotatable bonds is 10. The Morgan fingerprint density at radius 2 is 1.92 bits per heavy atom. The number of aldehydes is 1. The zero-order valence-corrected chi connectivity index (χ0v) is 21.8. The number of likely N-dealkylation sites (tertiary alicyclic amines) is 1. The lowest BCUT2D eigenvalue weighted by Gasteiger charge is -2.31. The van der Waals surface area contributed by atoms with Gasteiger partial charge in [0, 0.05) is 19.2 Å². The van der Waals surface area contributed by atoms with Crippen molar-refractivity contribution in [2.45, 2.75) is 70.0 Å². The van der Waals surface area contributed by atoms with Gasteiger partial charge in [0.25, 0.3) is 5.91 Å². The number of carbonyl (C=O) groups is 6. The van der Waals surface area contributed by atoms with Crippen LogP contribution in [0.1, 0.15) is 62.2 Å². The van der Waals surface area contributed by atoms with Gasteiger partial charge in [-0.15, -0.1) is 0 Å². The van der Waals surface area contributed by atoms with Crippen LogP contribution < -0.4 is 16.0 Å². The van der Waals surface area contributed by atoms with E-state index in [2.05, 4.69) is 16.0 Å². The fraction of sp³-hybridized carbons (Fsp3) is 0.462. The number of anilines is 1. The van der Waals surface area contributed by atoms with Gasteiger partial charge in [-0.25, -0.2) is 0 Å². The van der Waals surface area contributed by atoms with Crippen LogP contribution in [0.4, 0.5) is 5.69 Å². The molecule has 38 heavy (non-hydrogen) atoms. The molecule has 0 unspecified atom stereocenters. The third-order valence-electron chi connectivity index (χ3n) is 6.48. The minimum atomic E-state index is -1.24. The summed E-state index contributed by atoms with van der Waals surface area (Å²) >= 11 is 6.30. The molecule has 4 N–H and O–H groups in total. The van der Waals surface area contributed by atoms with Gasteiger partial charge in [-0.3, -0.25) is 24.0 Å². The molecule has 0 bridgehead atoms. The van der Waals surface area contributed by atoms with Gasteiger partial charge in [0.05, 0.1) is 23.0 Å². The standard InChI is InChI=1S/C26H31ClN4O7/c1-15(33)28-17-9-10-19(20(27)12-17)24(36)30-23(16-6-3-2-4-7-16)26(38)31-11-5-8-21(31)25(37)29-18(14-32)13-22(34)35/h6,9-10,12,14,18,21,23H,2-5,7-8,11,13H2,1H3,(H,28,33)(H,29,37)(H,30,36)(H,34,35)/t18-,21-,23-/m0/s1. The van der Waals surface area contributed by atoms with Gasteiger partial charge in [-0.05, 0) is 62.3 Å². The summed E-state index contributed by atoms with van der Waals surface area (Å²) in [4.78, 5) is 74.8. The molecular weight excluding hydrogens is 516 g/mol. The predicted octanol–water partition coefficient (Wildman–Crippen LogP) is 2.05. The third-order valence-corrected chi connectivity index (χ3v) is 6.79. The zero-order chi connectivity index (χ0) is 27.8. The van der Waals surface area contributed by atoms with Crippen molar-refractivity contribution in [2.24, 2.45) is 0 Å². The van der Waals surface area contributed by atoms with Crippen LogP contribution in [-0.2, 0) is 24.0 Å². The van der Waals surface area contributed by atoms with Crippen LogP contribution in [0.3, 0.4) is 0 Å². The number of carbonyl (C=O) groups excluding carboxylic acids is 5. The van der Waals surface area contributed by atoms with Crippen molar-refractivity contribution in [3.63, 3.8) is 0 Å². The summed E-state index contributed by atoms with van der Waals surface area (Å²) in [5, 5.41) is 16.8. The second-order valence-corrected chi connectivity index (χ2v) is 9.75. The van der Waals surface area contributed by atoms with Crippen LogP contribution in [0, 0.1) is 0 Å². The van der Waals surface area contributed by atoms with Gasteiger partial charge < -0.3 is 30.8 Å². The molecule has 12 heteroatoms. The van der Waals surface area contributed by atoms with E-state index in [9.17, 15) is 28.8 Å². The molecule has 1 heterocycles. The SMILES string of the molecule is CC(=O)Nc1ccc(C(=O)N[C@H](C(=O)N2CCC[C@H]2C(=O)N[C@H](C=O)CC(=O)O)C2=CCCCC2)c(Cl)c1. The number of nitrogens with one attached hydrogen (secondary N) is 3. The Kier molecular flexibility index (Phi) is 10.0. The smallest absolute Gasteiger partial charge is 0.305 e. The molecule has 204 valence electrons. The molecule has 1 aromatic rings. The molecule has 4 amide bonds. The number of benzene rings is 1. The minimum Gasteiger partial charge on any atom is -0.481 e. The molecule has 3 rings (SSSR count). The molecule has 1 aromatic carbocycles. The van der Waals surface area contributed by atoms with Crippen molar-refractivity contribution in [2.75, 3.05) is 11.9 Å². The molecule has 1 aliphatic heterocycles. The minimum absolute atomic E-state index is 0.0920. The Hall–Kier alpha value is -3.73. The molecule has 0 radical (unpaired) electrons. The van der Waals surface area contributed by atoms with E-state index >= 15 is 0 Å². The van der Waals surface area contributed by atoms with Crippen LogP contribution in [0.2, 0.25) is 5.02 Å². The maximum Gasteiger partial charge on any atom is 0.305 e. The topological polar surface area (TPSA) is 162 Å². The first-order valence-corrected chi connectivity index (χ1v) is 12.8. The summed E-state index contributed by atoms with van der Waals surface area (Å²) < 4.78 is 0. The number of hydrogen-bond donors (Lipinski definition) is 4. The monoisotopic (exact) mass is 546 g/mol. The highest BCUT2D eigenvalue weighted by atomic mass is 35.5. The summed E-state index contributed by atoms with van der Waals surface area (Å²) in [5.74, 6) is -3.20. The van der Waals surface area contributed by atoms with E-state index in [1.807, 2.05) is 6.08 Å². The molecule has 0 spiro atoms. The average Bonchev–Trinajstić information content (AvgIpc) is 3.36. The van der Waals surface area contributed by atoms with Crippen molar-refractivity contribution in [1.29, 1.82) is 0 Å².